The van der Waals surface area contributed by atoms with E-state index in [0.717, 1.165) is 19.3 Å². The smallest absolute Gasteiger partial charge is 0.756 e. The average Bonchev–Trinajstić information content (AvgIpc) is 2.45. The van der Waals surface area contributed by atoms with E-state index in [2.05, 4.69) is 11.4 Å². The third-order valence-electron chi connectivity index (χ3n) is 3.30. The van der Waals surface area contributed by atoms with Crippen LogP contribution in [0.15, 0.2) is 0 Å². The van der Waals surface area contributed by atoms with Gasteiger partial charge in [-0.25, -0.2) is 0 Å². The standard InChI is InChI=1S/C15H33O5P.Na/c1-2-3-4-5-6-7-8-9-10-11-14-19-21(17,18)20-15-12-13-16;/h16H,2-15H2,1H3,(H,17,18);/q;+1/p-1. The van der Waals surface area contributed by atoms with Gasteiger partial charge in [0.25, 0.3) is 7.82 Å². The van der Waals surface area contributed by atoms with Crippen LogP contribution >= 0.6 is 7.82 Å². The van der Waals surface area contributed by atoms with Crippen LogP contribution in [0.1, 0.15) is 77.6 Å². The molecule has 1 unspecified atom stereocenters. The maximum Gasteiger partial charge on any atom is 1.00 e. The van der Waals surface area contributed by atoms with Crippen molar-refractivity contribution in [1.82, 2.24) is 0 Å². The Kier molecular flexibility index (Phi) is 21.2. The molecule has 0 rings (SSSR count). The van der Waals surface area contributed by atoms with E-state index >= 15 is 0 Å². The molecule has 0 aromatic rings. The summed E-state index contributed by atoms with van der Waals surface area (Å²) in [6.45, 7) is 2.31. The van der Waals surface area contributed by atoms with E-state index < -0.39 is 7.82 Å². The minimum absolute atomic E-state index is 0. The molecule has 0 aliphatic carbocycles. The molecule has 0 saturated carbocycles. The fourth-order valence-corrected chi connectivity index (χ4v) is 2.82. The van der Waals surface area contributed by atoms with Gasteiger partial charge in [0, 0.05) is 6.61 Å². The van der Waals surface area contributed by atoms with Gasteiger partial charge in [0.05, 0.1) is 13.2 Å². The van der Waals surface area contributed by atoms with Crippen molar-refractivity contribution in [3.8, 4) is 0 Å². The fraction of sp³-hybridized carbons (Fsp3) is 1.00. The molecule has 5 nitrogen and oxygen atoms in total. The van der Waals surface area contributed by atoms with Crippen LogP contribution in [0.5, 0.6) is 0 Å². The molecular formula is C15H32NaO5P. The maximum absolute atomic E-state index is 11.3. The molecular weight excluding hydrogens is 314 g/mol. The third-order valence-corrected chi connectivity index (χ3v) is 4.30. The zero-order valence-electron chi connectivity index (χ0n) is 14.4. The molecule has 0 bridgehead atoms. The van der Waals surface area contributed by atoms with Crippen LogP contribution in [0, 0.1) is 0 Å². The van der Waals surface area contributed by atoms with Crippen molar-refractivity contribution >= 4 is 7.82 Å². The quantitative estimate of drug-likeness (QED) is 0.254. The minimum Gasteiger partial charge on any atom is -0.756 e. The first kappa shape index (κ1) is 25.3. The summed E-state index contributed by atoms with van der Waals surface area (Å²) < 4.78 is 20.6. The largest absolute Gasteiger partial charge is 1.00 e. The number of unbranched alkanes of at least 4 members (excludes halogenated alkanes) is 9. The van der Waals surface area contributed by atoms with Crippen LogP contribution in [0.4, 0.5) is 0 Å². The number of phosphoric ester groups is 1. The molecule has 0 saturated heterocycles. The topological polar surface area (TPSA) is 78.8 Å². The first-order chi connectivity index (χ1) is 10.1. The molecule has 0 aliphatic rings. The van der Waals surface area contributed by atoms with Crippen LogP contribution in [0.2, 0.25) is 0 Å². The van der Waals surface area contributed by atoms with E-state index in [4.69, 9.17) is 9.63 Å². The summed E-state index contributed by atoms with van der Waals surface area (Å²) in [5, 5.41) is 8.53. The van der Waals surface area contributed by atoms with Crippen LogP contribution in [0.25, 0.3) is 0 Å². The summed E-state index contributed by atoms with van der Waals surface area (Å²) in [5.41, 5.74) is 0. The summed E-state index contributed by atoms with van der Waals surface area (Å²) in [6, 6.07) is 0. The van der Waals surface area contributed by atoms with Crippen molar-refractivity contribution in [2.75, 3.05) is 19.8 Å². The molecule has 7 heteroatoms. The Hall–Kier alpha value is 1.07. The van der Waals surface area contributed by atoms with Crippen molar-refractivity contribution in [3.63, 3.8) is 0 Å². The Balaban J connectivity index is 0. The summed E-state index contributed by atoms with van der Waals surface area (Å²) >= 11 is 0. The molecule has 0 fully saturated rings. The number of aliphatic hydroxyl groups excluding tert-OH is 1. The van der Waals surface area contributed by atoms with Gasteiger partial charge in [0.1, 0.15) is 0 Å². The first-order valence-corrected chi connectivity index (χ1v) is 9.79. The zero-order valence-corrected chi connectivity index (χ0v) is 17.3. The third kappa shape index (κ3) is 19.1. The maximum atomic E-state index is 11.3. The SMILES string of the molecule is CCCCCCCCCCCCOP(=O)([O-])OCCCO.[Na+]. The van der Waals surface area contributed by atoms with Crippen LogP contribution in [-0.4, -0.2) is 24.9 Å². The van der Waals surface area contributed by atoms with Gasteiger partial charge in [-0.3, -0.25) is 4.57 Å². The fourth-order valence-electron chi connectivity index (χ4n) is 2.04. The van der Waals surface area contributed by atoms with Gasteiger partial charge in [-0.1, -0.05) is 64.7 Å². The monoisotopic (exact) mass is 346 g/mol. The van der Waals surface area contributed by atoms with E-state index in [1.54, 1.807) is 0 Å². The second-order valence-corrected chi connectivity index (χ2v) is 6.78. The van der Waals surface area contributed by atoms with E-state index in [-0.39, 0.29) is 49.4 Å². The summed E-state index contributed by atoms with van der Waals surface area (Å²) in [7, 11) is -4.16. The van der Waals surface area contributed by atoms with Gasteiger partial charge in [-0.2, -0.15) is 0 Å². The van der Waals surface area contributed by atoms with E-state index in [1.807, 2.05) is 0 Å². The Labute approximate surface area is 158 Å². The second kappa shape index (κ2) is 18.4. The Morgan fingerprint density at radius 1 is 0.818 bits per heavy atom. The van der Waals surface area contributed by atoms with E-state index in [1.165, 1.54) is 44.9 Å². The van der Waals surface area contributed by atoms with Crippen molar-refractivity contribution in [3.05, 3.63) is 0 Å². The summed E-state index contributed by atoms with van der Waals surface area (Å²) in [4.78, 5) is 11.3. The minimum atomic E-state index is -4.16. The van der Waals surface area contributed by atoms with Crippen molar-refractivity contribution in [1.29, 1.82) is 0 Å². The molecule has 0 spiro atoms. The molecule has 0 aromatic heterocycles. The Morgan fingerprint density at radius 2 is 1.23 bits per heavy atom. The normalized spacial score (nSPS) is 13.6. The average molecular weight is 346 g/mol. The van der Waals surface area contributed by atoms with E-state index in [0.29, 0.717) is 6.42 Å². The molecule has 1 atom stereocenters. The molecule has 0 heterocycles. The zero-order chi connectivity index (χ0) is 15.8. The first-order valence-electron chi connectivity index (χ1n) is 8.33. The Bertz CT molecular complexity index is 266. The van der Waals surface area contributed by atoms with Crippen molar-refractivity contribution in [2.45, 2.75) is 77.6 Å². The molecule has 22 heavy (non-hydrogen) atoms. The predicted octanol–water partition coefficient (Wildman–Crippen LogP) is 0.795. The molecule has 128 valence electrons. The number of hydrogen-bond donors (Lipinski definition) is 1. The van der Waals surface area contributed by atoms with Crippen LogP contribution in [0.3, 0.4) is 0 Å². The van der Waals surface area contributed by atoms with Crippen LogP contribution < -0.4 is 34.5 Å². The van der Waals surface area contributed by atoms with Gasteiger partial charge in [-0.05, 0) is 12.8 Å². The number of aliphatic hydroxyl groups is 1. The van der Waals surface area contributed by atoms with Gasteiger partial charge < -0.3 is 19.0 Å². The van der Waals surface area contributed by atoms with E-state index in [9.17, 15) is 9.46 Å². The second-order valence-electron chi connectivity index (χ2n) is 5.37. The molecule has 0 amide bonds. The molecule has 0 aromatic carbocycles. The predicted molar refractivity (Wildman–Crippen MR) is 83.1 cm³/mol. The van der Waals surface area contributed by atoms with Crippen LogP contribution in [-0.2, 0) is 13.6 Å². The van der Waals surface area contributed by atoms with Gasteiger partial charge in [0.15, 0.2) is 0 Å². The number of rotatable bonds is 16. The van der Waals surface area contributed by atoms with Gasteiger partial charge in [0.2, 0.25) is 0 Å². The molecule has 1 N–H and O–H groups in total. The van der Waals surface area contributed by atoms with Gasteiger partial charge >= 0.3 is 29.6 Å². The molecule has 0 radical (unpaired) electrons. The Morgan fingerprint density at radius 3 is 1.68 bits per heavy atom. The molecule has 0 aliphatic heterocycles. The number of phosphoric acid groups is 1. The number of hydrogen-bond acceptors (Lipinski definition) is 5. The van der Waals surface area contributed by atoms with Gasteiger partial charge in [-0.15, -0.1) is 0 Å². The summed E-state index contributed by atoms with van der Waals surface area (Å²) in [5.74, 6) is 0. The van der Waals surface area contributed by atoms with Crippen molar-refractivity contribution in [2.24, 2.45) is 0 Å². The van der Waals surface area contributed by atoms with Crippen molar-refractivity contribution < 1.29 is 53.2 Å². The summed E-state index contributed by atoms with van der Waals surface area (Å²) in [6.07, 6.45) is 12.3.